The molecule has 1 aliphatic carbocycles. The first-order valence-electron chi connectivity index (χ1n) is 6.42. The molecule has 106 valence electrons. The molecule has 0 aliphatic heterocycles. The van der Waals surface area contributed by atoms with Crippen LogP contribution in [0.4, 0.5) is 0 Å². The number of hydrogen-bond donors (Lipinski definition) is 1. The maximum Gasteiger partial charge on any atom is 0.313 e. The van der Waals surface area contributed by atoms with Crippen molar-refractivity contribution >= 4 is 17.7 Å². The van der Waals surface area contributed by atoms with Crippen LogP contribution in [0.5, 0.6) is 0 Å². The zero-order valence-electron chi connectivity index (χ0n) is 11.4. The van der Waals surface area contributed by atoms with Gasteiger partial charge in [0.2, 0.25) is 0 Å². The van der Waals surface area contributed by atoms with Crippen molar-refractivity contribution in [3.05, 3.63) is 11.9 Å². The molecule has 6 heteroatoms. The van der Waals surface area contributed by atoms with E-state index in [4.69, 9.17) is 9.84 Å². The van der Waals surface area contributed by atoms with Gasteiger partial charge in [-0.3, -0.25) is 4.79 Å². The average Bonchev–Trinajstić information content (AvgIpc) is 3.02. The summed E-state index contributed by atoms with van der Waals surface area (Å²) in [5.41, 5.74) is 1.28. The van der Waals surface area contributed by atoms with Crippen LogP contribution in [0.15, 0.2) is 11.4 Å². The molecule has 1 aromatic heterocycles. The lowest BCUT2D eigenvalue weighted by Gasteiger charge is -2.16. The number of carbonyl (C=O) groups is 1. The lowest BCUT2D eigenvalue weighted by Crippen LogP contribution is -2.14. The van der Waals surface area contributed by atoms with Gasteiger partial charge in [0.25, 0.3) is 0 Å². The normalized spacial score (nSPS) is 16.5. The van der Waals surface area contributed by atoms with Crippen molar-refractivity contribution in [2.45, 2.75) is 37.9 Å². The standard InChI is InChI=1S/C13H20N2O3S/c1-10-7-15(12(14-10)19-8-11(16)17)9-13(3-4-13)5-6-18-2/h7H,3-6,8-9H2,1-2H3,(H,16,17). The minimum Gasteiger partial charge on any atom is -0.481 e. The molecule has 1 saturated carbocycles. The summed E-state index contributed by atoms with van der Waals surface area (Å²) < 4.78 is 7.26. The molecule has 0 spiro atoms. The predicted molar refractivity (Wildman–Crippen MR) is 73.5 cm³/mol. The molecular formula is C13H20N2O3S. The average molecular weight is 284 g/mol. The molecule has 1 aliphatic rings. The number of ether oxygens (including phenoxy) is 1. The Bertz CT molecular complexity index is 455. The Morgan fingerprint density at radius 2 is 2.37 bits per heavy atom. The number of rotatable bonds is 8. The molecule has 0 atom stereocenters. The maximum absolute atomic E-state index is 10.7. The fraction of sp³-hybridized carbons (Fsp3) is 0.692. The van der Waals surface area contributed by atoms with E-state index in [1.807, 2.05) is 13.1 Å². The highest BCUT2D eigenvalue weighted by molar-refractivity contribution is 7.99. The highest BCUT2D eigenvalue weighted by Crippen LogP contribution is 2.50. The number of hydrogen-bond acceptors (Lipinski definition) is 4. The fourth-order valence-electron chi connectivity index (χ4n) is 2.22. The Labute approximate surface area is 117 Å². The second-order valence-corrected chi connectivity index (χ2v) is 6.16. The van der Waals surface area contributed by atoms with E-state index in [-0.39, 0.29) is 5.75 Å². The first kappa shape index (κ1) is 14.4. The van der Waals surface area contributed by atoms with Gasteiger partial charge >= 0.3 is 5.97 Å². The quantitative estimate of drug-likeness (QED) is 0.741. The van der Waals surface area contributed by atoms with Crippen molar-refractivity contribution in [1.82, 2.24) is 9.55 Å². The Morgan fingerprint density at radius 3 is 2.95 bits per heavy atom. The highest BCUT2D eigenvalue weighted by Gasteiger charge is 2.42. The molecule has 2 rings (SSSR count). The van der Waals surface area contributed by atoms with E-state index in [9.17, 15) is 4.79 Å². The second kappa shape index (κ2) is 5.96. The summed E-state index contributed by atoms with van der Waals surface area (Å²) in [7, 11) is 1.73. The molecule has 0 radical (unpaired) electrons. The van der Waals surface area contributed by atoms with Crippen LogP contribution in [-0.4, -0.2) is 40.1 Å². The van der Waals surface area contributed by atoms with Gasteiger partial charge in [0, 0.05) is 26.5 Å². The van der Waals surface area contributed by atoms with Gasteiger partial charge in [0.05, 0.1) is 11.4 Å². The number of carboxylic acids is 1. The molecule has 0 aromatic carbocycles. The Morgan fingerprint density at radius 1 is 1.63 bits per heavy atom. The largest absolute Gasteiger partial charge is 0.481 e. The zero-order chi connectivity index (χ0) is 13.9. The molecule has 0 amide bonds. The van der Waals surface area contributed by atoms with E-state index < -0.39 is 5.97 Å². The van der Waals surface area contributed by atoms with Gasteiger partial charge in [-0.05, 0) is 31.6 Å². The van der Waals surface area contributed by atoms with Gasteiger partial charge in [-0.2, -0.15) is 0 Å². The summed E-state index contributed by atoms with van der Waals surface area (Å²) in [5, 5.41) is 9.57. The van der Waals surface area contributed by atoms with Crippen molar-refractivity contribution in [2.24, 2.45) is 5.41 Å². The number of nitrogens with zero attached hydrogens (tertiary/aromatic N) is 2. The van der Waals surface area contributed by atoms with Crippen molar-refractivity contribution in [2.75, 3.05) is 19.5 Å². The third kappa shape index (κ3) is 3.98. The Balaban J connectivity index is 2.01. The lowest BCUT2D eigenvalue weighted by molar-refractivity contribution is -0.133. The van der Waals surface area contributed by atoms with Crippen molar-refractivity contribution in [3.63, 3.8) is 0 Å². The fourth-order valence-corrected chi connectivity index (χ4v) is 2.97. The lowest BCUT2D eigenvalue weighted by atomic mass is 10.0. The summed E-state index contributed by atoms with van der Waals surface area (Å²) in [6, 6.07) is 0. The van der Waals surface area contributed by atoms with Crippen LogP contribution in [-0.2, 0) is 16.1 Å². The van der Waals surface area contributed by atoms with Gasteiger partial charge in [-0.1, -0.05) is 11.8 Å². The molecule has 1 aromatic rings. The molecule has 0 saturated heterocycles. The molecule has 1 heterocycles. The minimum atomic E-state index is -0.808. The van der Waals surface area contributed by atoms with Crippen molar-refractivity contribution in [1.29, 1.82) is 0 Å². The molecule has 1 N–H and O–H groups in total. The van der Waals surface area contributed by atoms with E-state index in [2.05, 4.69) is 9.55 Å². The van der Waals surface area contributed by atoms with Crippen LogP contribution in [0.2, 0.25) is 0 Å². The van der Waals surface area contributed by atoms with E-state index in [1.54, 1.807) is 7.11 Å². The molecule has 0 bridgehead atoms. The monoisotopic (exact) mass is 284 g/mol. The zero-order valence-corrected chi connectivity index (χ0v) is 12.2. The smallest absolute Gasteiger partial charge is 0.313 e. The Kier molecular flexibility index (Phi) is 4.52. The van der Waals surface area contributed by atoms with Crippen LogP contribution in [0.25, 0.3) is 0 Å². The van der Waals surface area contributed by atoms with E-state index >= 15 is 0 Å². The summed E-state index contributed by atoms with van der Waals surface area (Å²) in [5.74, 6) is -0.751. The minimum absolute atomic E-state index is 0.0571. The number of thioether (sulfide) groups is 1. The molecule has 0 unspecified atom stereocenters. The number of methoxy groups -OCH3 is 1. The van der Waals surface area contributed by atoms with Crippen molar-refractivity contribution in [3.8, 4) is 0 Å². The van der Waals surface area contributed by atoms with Gasteiger partial charge in [0.15, 0.2) is 5.16 Å². The van der Waals surface area contributed by atoms with E-state index in [0.29, 0.717) is 5.41 Å². The first-order valence-corrected chi connectivity index (χ1v) is 7.40. The van der Waals surface area contributed by atoms with Crippen LogP contribution in [0.1, 0.15) is 25.0 Å². The van der Waals surface area contributed by atoms with E-state index in [1.165, 1.54) is 24.6 Å². The topological polar surface area (TPSA) is 64.4 Å². The highest BCUT2D eigenvalue weighted by atomic mass is 32.2. The summed E-state index contributed by atoms with van der Waals surface area (Å²) in [6.45, 7) is 3.64. The third-order valence-electron chi connectivity index (χ3n) is 3.48. The van der Waals surface area contributed by atoms with Gasteiger partial charge in [0.1, 0.15) is 0 Å². The van der Waals surface area contributed by atoms with Gasteiger partial charge in [-0.25, -0.2) is 4.98 Å². The molecule has 5 nitrogen and oxygen atoms in total. The van der Waals surface area contributed by atoms with Crippen molar-refractivity contribution < 1.29 is 14.6 Å². The molecule has 1 fully saturated rings. The number of aromatic nitrogens is 2. The summed E-state index contributed by atoms with van der Waals surface area (Å²) >= 11 is 1.29. The van der Waals surface area contributed by atoms with Crippen LogP contribution in [0.3, 0.4) is 0 Å². The number of imidazole rings is 1. The molecular weight excluding hydrogens is 264 g/mol. The molecule has 19 heavy (non-hydrogen) atoms. The maximum atomic E-state index is 10.7. The van der Waals surface area contributed by atoms with Gasteiger partial charge < -0.3 is 14.4 Å². The SMILES string of the molecule is COCCC1(Cn2cc(C)nc2SCC(=O)O)CC1. The van der Waals surface area contributed by atoms with Crippen LogP contribution in [0, 0.1) is 12.3 Å². The van der Waals surface area contributed by atoms with Crippen LogP contribution >= 0.6 is 11.8 Å². The number of aliphatic carboxylic acids is 1. The predicted octanol–water partition coefficient (Wildman–Crippen LogP) is 2.18. The third-order valence-corrected chi connectivity index (χ3v) is 4.46. The second-order valence-electron chi connectivity index (χ2n) is 5.22. The Hall–Kier alpha value is -1.01. The van der Waals surface area contributed by atoms with Crippen LogP contribution < -0.4 is 0 Å². The number of carboxylic acid groups (broad SMARTS) is 1. The first-order chi connectivity index (χ1) is 9.04. The number of aryl methyl sites for hydroxylation is 1. The van der Waals surface area contributed by atoms with E-state index in [0.717, 1.165) is 30.4 Å². The summed E-state index contributed by atoms with van der Waals surface area (Å²) in [6.07, 6.45) is 5.51. The summed E-state index contributed by atoms with van der Waals surface area (Å²) in [4.78, 5) is 15.1. The van der Waals surface area contributed by atoms with Gasteiger partial charge in [-0.15, -0.1) is 0 Å².